The fourth-order valence-electron chi connectivity index (χ4n) is 1.08. The van der Waals surface area contributed by atoms with Gasteiger partial charge >= 0.3 is 5.69 Å². The van der Waals surface area contributed by atoms with Gasteiger partial charge in [-0.15, -0.1) is 5.10 Å². The van der Waals surface area contributed by atoms with Crippen molar-refractivity contribution in [1.29, 1.82) is 0 Å². The van der Waals surface area contributed by atoms with Crippen LogP contribution in [-0.2, 0) is 14.1 Å². The molecule has 80 valence electrons. The molecule has 0 amide bonds. The molecule has 0 atom stereocenters. The Hall–Kier alpha value is -1.70. The van der Waals surface area contributed by atoms with E-state index >= 15 is 0 Å². The standard InChI is InChI=1S/C7H10N6OS/c1-12-3-4(8)5(11-12)15-7-10-9-6(14)13(7)2/h3H,8H2,1-2H3,(H,9,14). The molecule has 0 aromatic carbocycles. The van der Waals surface area contributed by atoms with Gasteiger partial charge in [-0.3, -0.25) is 9.25 Å². The highest BCUT2D eigenvalue weighted by molar-refractivity contribution is 7.99. The first-order chi connectivity index (χ1) is 7.08. The summed E-state index contributed by atoms with van der Waals surface area (Å²) in [6.07, 6.45) is 1.70. The number of anilines is 1. The molecule has 0 unspecified atom stereocenters. The molecule has 7 nitrogen and oxygen atoms in total. The third kappa shape index (κ3) is 1.75. The molecule has 0 bridgehead atoms. The Labute approximate surface area is 89.3 Å². The maximum absolute atomic E-state index is 11.1. The van der Waals surface area contributed by atoms with E-state index in [2.05, 4.69) is 15.3 Å². The number of hydrogen-bond donors (Lipinski definition) is 2. The summed E-state index contributed by atoms with van der Waals surface area (Å²) in [5.74, 6) is 0. The molecule has 0 radical (unpaired) electrons. The van der Waals surface area contributed by atoms with E-state index in [0.717, 1.165) is 0 Å². The number of rotatable bonds is 2. The summed E-state index contributed by atoms with van der Waals surface area (Å²) in [4.78, 5) is 11.1. The lowest BCUT2D eigenvalue weighted by Gasteiger charge is -1.96. The SMILES string of the molecule is Cn1cc(N)c(Sc2n[nH]c(=O)n2C)n1. The predicted octanol–water partition coefficient (Wildman–Crippen LogP) is -0.425. The second kappa shape index (κ2) is 3.46. The zero-order valence-electron chi connectivity index (χ0n) is 8.26. The average Bonchev–Trinajstić information content (AvgIpc) is 2.64. The van der Waals surface area contributed by atoms with Crippen LogP contribution in [0.5, 0.6) is 0 Å². The Morgan fingerprint density at radius 1 is 1.53 bits per heavy atom. The third-order valence-electron chi connectivity index (χ3n) is 1.85. The van der Waals surface area contributed by atoms with Crippen LogP contribution < -0.4 is 11.4 Å². The second-order valence-corrected chi connectivity index (χ2v) is 3.99. The van der Waals surface area contributed by atoms with E-state index in [1.165, 1.54) is 16.3 Å². The van der Waals surface area contributed by atoms with Crippen LogP contribution in [0.15, 0.2) is 21.2 Å². The van der Waals surface area contributed by atoms with Gasteiger partial charge in [0.05, 0.1) is 5.69 Å². The molecule has 0 aliphatic heterocycles. The van der Waals surface area contributed by atoms with E-state index in [0.29, 0.717) is 15.9 Å². The van der Waals surface area contributed by atoms with Crippen molar-refractivity contribution in [2.75, 3.05) is 5.73 Å². The van der Waals surface area contributed by atoms with E-state index < -0.39 is 0 Å². The van der Waals surface area contributed by atoms with Gasteiger partial charge in [-0.2, -0.15) is 5.10 Å². The number of hydrogen-bond acceptors (Lipinski definition) is 5. The van der Waals surface area contributed by atoms with Crippen LogP contribution in [0.25, 0.3) is 0 Å². The van der Waals surface area contributed by atoms with E-state index in [4.69, 9.17) is 5.73 Å². The van der Waals surface area contributed by atoms with Crippen molar-refractivity contribution in [2.24, 2.45) is 14.1 Å². The molecule has 0 aliphatic rings. The van der Waals surface area contributed by atoms with Gasteiger partial charge in [0, 0.05) is 20.3 Å². The first-order valence-electron chi connectivity index (χ1n) is 4.16. The molecule has 3 N–H and O–H groups in total. The Bertz CT molecular complexity index is 538. The Morgan fingerprint density at radius 2 is 2.27 bits per heavy atom. The van der Waals surface area contributed by atoms with Gasteiger partial charge in [0.15, 0.2) is 5.16 Å². The first kappa shape index (κ1) is 9.84. The van der Waals surface area contributed by atoms with Crippen LogP contribution in [0, 0.1) is 0 Å². The molecular weight excluding hydrogens is 216 g/mol. The Balaban J connectivity index is 2.33. The van der Waals surface area contributed by atoms with Gasteiger partial charge < -0.3 is 5.73 Å². The Morgan fingerprint density at radius 3 is 2.73 bits per heavy atom. The molecule has 0 spiro atoms. The lowest BCUT2D eigenvalue weighted by atomic mass is 10.6. The van der Waals surface area contributed by atoms with Crippen molar-refractivity contribution in [2.45, 2.75) is 10.2 Å². The van der Waals surface area contributed by atoms with Gasteiger partial charge in [0.25, 0.3) is 0 Å². The summed E-state index contributed by atoms with van der Waals surface area (Å²) in [7, 11) is 3.41. The van der Waals surface area contributed by atoms with Gasteiger partial charge in [0.1, 0.15) is 5.03 Å². The number of nitrogens with one attached hydrogen (secondary N) is 1. The van der Waals surface area contributed by atoms with Crippen molar-refractivity contribution in [1.82, 2.24) is 24.5 Å². The summed E-state index contributed by atoms with van der Waals surface area (Å²) < 4.78 is 3.02. The fraction of sp³-hybridized carbons (Fsp3) is 0.286. The van der Waals surface area contributed by atoms with Crippen LogP contribution in [0.2, 0.25) is 0 Å². The molecule has 8 heteroatoms. The Kier molecular flexibility index (Phi) is 2.27. The monoisotopic (exact) mass is 226 g/mol. The van der Waals surface area contributed by atoms with Crippen LogP contribution in [0.1, 0.15) is 0 Å². The smallest absolute Gasteiger partial charge is 0.343 e. The number of aryl methyl sites for hydroxylation is 1. The zero-order valence-corrected chi connectivity index (χ0v) is 9.08. The van der Waals surface area contributed by atoms with Crippen LogP contribution in [-0.4, -0.2) is 24.5 Å². The number of nitrogen functional groups attached to an aromatic ring is 1. The third-order valence-corrected chi connectivity index (χ3v) is 2.91. The molecule has 0 saturated carbocycles. The molecule has 0 fully saturated rings. The minimum atomic E-state index is -0.257. The highest BCUT2D eigenvalue weighted by Crippen LogP contribution is 2.27. The maximum Gasteiger partial charge on any atom is 0.343 e. The van der Waals surface area contributed by atoms with Gasteiger partial charge in [-0.05, 0) is 11.8 Å². The number of nitrogens with zero attached hydrogens (tertiary/aromatic N) is 4. The fourth-order valence-corrected chi connectivity index (χ4v) is 1.90. The predicted molar refractivity (Wildman–Crippen MR) is 55.6 cm³/mol. The largest absolute Gasteiger partial charge is 0.395 e. The van der Waals surface area contributed by atoms with Crippen molar-refractivity contribution in [3.63, 3.8) is 0 Å². The van der Waals surface area contributed by atoms with Crippen molar-refractivity contribution < 1.29 is 0 Å². The van der Waals surface area contributed by atoms with Crippen LogP contribution in [0.3, 0.4) is 0 Å². The van der Waals surface area contributed by atoms with E-state index in [1.807, 2.05) is 0 Å². The van der Waals surface area contributed by atoms with Gasteiger partial charge in [0.2, 0.25) is 0 Å². The van der Waals surface area contributed by atoms with Crippen molar-refractivity contribution >= 4 is 17.4 Å². The minimum absolute atomic E-state index is 0.257. The second-order valence-electron chi connectivity index (χ2n) is 3.04. The molecule has 2 rings (SSSR count). The molecule has 0 aliphatic carbocycles. The molecule has 2 aromatic heterocycles. The molecule has 2 heterocycles. The topological polar surface area (TPSA) is 94.5 Å². The van der Waals surface area contributed by atoms with E-state index in [-0.39, 0.29) is 5.69 Å². The van der Waals surface area contributed by atoms with Gasteiger partial charge in [-0.25, -0.2) is 9.89 Å². The molecule has 15 heavy (non-hydrogen) atoms. The first-order valence-corrected chi connectivity index (χ1v) is 4.98. The molecular formula is C7H10N6OS. The van der Waals surface area contributed by atoms with Crippen LogP contribution >= 0.6 is 11.8 Å². The van der Waals surface area contributed by atoms with Crippen LogP contribution in [0.4, 0.5) is 5.69 Å². The summed E-state index contributed by atoms with van der Waals surface area (Å²) in [6.45, 7) is 0. The molecule has 2 aromatic rings. The number of aromatic nitrogens is 5. The average molecular weight is 226 g/mol. The van der Waals surface area contributed by atoms with Gasteiger partial charge in [-0.1, -0.05) is 0 Å². The summed E-state index contributed by atoms with van der Waals surface area (Å²) in [6, 6.07) is 0. The molecule has 0 saturated heterocycles. The lowest BCUT2D eigenvalue weighted by Crippen LogP contribution is -2.12. The minimum Gasteiger partial charge on any atom is -0.395 e. The van der Waals surface area contributed by atoms with Crippen molar-refractivity contribution in [3.8, 4) is 0 Å². The van der Waals surface area contributed by atoms with E-state index in [9.17, 15) is 4.79 Å². The lowest BCUT2D eigenvalue weighted by molar-refractivity contribution is 0.732. The van der Waals surface area contributed by atoms with Crippen molar-refractivity contribution in [3.05, 3.63) is 16.7 Å². The zero-order chi connectivity index (χ0) is 11.0. The normalized spacial score (nSPS) is 10.8. The maximum atomic E-state index is 11.1. The number of H-pyrrole nitrogens is 1. The number of nitrogens with two attached hydrogens (primary N) is 1. The number of aromatic amines is 1. The quantitative estimate of drug-likeness (QED) is 0.725. The highest BCUT2D eigenvalue weighted by Gasteiger charge is 2.11. The summed E-state index contributed by atoms with van der Waals surface area (Å²) >= 11 is 1.25. The summed E-state index contributed by atoms with van der Waals surface area (Å²) in [5.41, 5.74) is 6.03. The summed E-state index contributed by atoms with van der Waals surface area (Å²) in [5, 5.41) is 11.5. The highest BCUT2D eigenvalue weighted by atomic mass is 32.2. The van der Waals surface area contributed by atoms with E-state index in [1.54, 1.807) is 25.0 Å².